The largest absolute Gasteiger partial charge is 0.497 e. The van der Waals surface area contributed by atoms with Gasteiger partial charge in [-0.3, -0.25) is 4.72 Å². The SMILES string of the molecule is COc1cc(C)c(S(=O)(=O)Nc2ccc3oc(C)nc3c2)c(C)c1. The predicted octanol–water partition coefficient (Wildman–Crippen LogP) is 3.56. The number of nitrogens with one attached hydrogen (secondary N) is 1. The molecular formula is C17H18N2O4S. The van der Waals surface area contributed by atoms with Gasteiger partial charge in [-0.15, -0.1) is 0 Å². The lowest BCUT2D eigenvalue weighted by atomic mass is 10.1. The van der Waals surface area contributed by atoms with E-state index < -0.39 is 10.0 Å². The number of benzene rings is 2. The van der Waals surface area contributed by atoms with Crippen LogP contribution in [-0.2, 0) is 10.0 Å². The molecule has 6 nitrogen and oxygen atoms in total. The van der Waals surface area contributed by atoms with E-state index in [1.54, 1.807) is 58.2 Å². The number of sulfonamides is 1. The lowest BCUT2D eigenvalue weighted by molar-refractivity contribution is 0.413. The smallest absolute Gasteiger partial charge is 0.262 e. The lowest BCUT2D eigenvalue weighted by Crippen LogP contribution is -2.15. The summed E-state index contributed by atoms with van der Waals surface area (Å²) in [6.07, 6.45) is 0. The Morgan fingerprint density at radius 3 is 2.38 bits per heavy atom. The summed E-state index contributed by atoms with van der Waals surface area (Å²) in [5.74, 6) is 1.16. The van der Waals surface area contributed by atoms with Gasteiger partial charge in [0.15, 0.2) is 11.5 Å². The zero-order chi connectivity index (χ0) is 17.5. The van der Waals surface area contributed by atoms with Gasteiger partial charge in [-0.25, -0.2) is 13.4 Å². The molecule has 0 saturated heterocycles. The first-order valence-electron chi connectivity index (χ1n) is 7.35. The fourth-order valence-corrected chi connectivity index (χ4v) is 4.27. The van der Waals surface area contributed by atoms with E-state index in [-0.39, 0.29) is 4.90 Å². The molecule has 126 valence electrons. The zero-order valence-electron chi connectivity index (χ0n) is 13.9. The number of aryl methyl sites for hydroxylation is 3. The fourth-order valence-electron chi connectivity index (χ4n) is 2.76. The topological polar surface area (TPSA) is 81.4 Å². The van der Waals surface area contributed by atoms with Gasteiger partial charge in [0.2, 0.25) is 0 Å². The van der Waals surface area contributed by atoms with Crippen LogP contribution in [0.4, 0.5) is 5.69 Å². The molecule has 0 bridgehead atoms. The molecule has 3 rings (SSSR count). The third-order valence-corrected chi connectivity index (χ3v) is 5.37. The van der Waals surface area contributed by atoms with E-state index in [9.17, 15) is 8.42 Å². The number of aromatic nitrogens is 1. The highest BCUT2D eigenvalue weighted by Gasteiger charge is 2.21. The number of rotatable bonds is 4. The van der Waals surface area contributed by atoms with Crippen LogP contribution in [0.2, 0.25) is 0 Å². The van der Waals surface area contributed by atoms with E-state index >= 15 is 0 Å². The summed E-state index contributed by atoms with van der Waals surface area (Å²) in [6.45, 7) is 5.23. The van der Waals surface area contributed by atoms with Gasteiger partial charge in [0.1, 0.15) is 11.3 Å². The van der Waals surface area contributed by atoms with Gasteiger partial charge < -0.3 is 9.15 Å². The van der Waals surface area contributed by atoms with Crippen LogP contribution in [-0.4, -0.2) is 20.5 Å². The van der Waals surface area contributed by atoms with Crippen molar-refractivity contribution in [3.05, 3.63) is 47.3 Å². The van der Waals surface area contributed by atoms with E-state index in [0.29, 0.717) is 39.6 Å². The number of ether oxygens (including phenoxy) is 1. The second kappa shape index (κ2) is 5.83. The second-order valence-electron chi connectivity index (χ2n) is 5.61. The van der Waals surface area contributed by atoms with Crippen LogP contribution in [0.3, 0.4) is 0 Å². The number of hydrogen-bond acceptors (Lipinski definition) is 5. The molecule has 7 heteroatoms. The van der Waals surface area contributed by atoms with Crippen molar-refractivity contribution >= 4 is 26.8 Å². The first-order valence-corrected chi connectivity index (χ1v) is 8.84. The molecule has 0 amide bonds. The predicted molar refractivity (Wildman–Crippen MR) is 92.0 cm³/mol. The lowest BCUT2D eigenvalue weighted by Gasteiger charge is -2.14. The molecule has 0 fully saturated rings. The van der Waals surface area contributed by atoms with Crippen LogP contribution in [0, 0.1) is 20.8 Å². The van der Waals surface area contributed by atoms with Crippen molar-refractivity contribution in [2.75, 3.05) is 11.8 Å². The number of methoxy groups -OCH3 is 1. The number of hydrogen-bond donors (Lipinski definition) is 1. The molecule has 0 spiro atoms. The maximum absolute atomic E-state index is 12.8. The second-order valence-corrected chi connectivity index (χ2v) is 7.23. The van der Waals surface area contributed by atoms with Crippen molar-refractivity contribution in [3.63, 3.8) is 0 Å². The van der Waals surface area contributed by atoms with Gasteiger partial charge in [0.05, 0.1) is 17.7 Å². The van der Waals surface area contributed by atoms with Gasteiger partial charge in [-0.05, 0) is 55.3 Å². The van der Waals surface area contributed by atoms with Gasteiger partial charge in [0.25, 0.3) is 10.0 Å². The zero-order valence-corrected chi connectivity index (χ0v) is 14.7. The molecule has 0 saturated carbocycles. The minimum absolute atomic E-state index is 0.250. The van der Waals surface area contributed by atoms with Crippen molar-refractivity contribution in [1.29, 1.82) is 0 Å². The molecule has 2 aromatic carbocycles. The Hall–Kier alpha value is -2.54. The number of fused-ring (bicyclic) bond motifs is 1. The molecule has 0 aliphatic heterocycles. The number of nitrogens with zero attached hydrogens (tertiary/aromatic N) is 1. The van der Waals surface area contributed by atoms with E-state index in [2.05, 4.69) is 9.71 Å². The van der Waals surface area contributed by atoms with Gasteiger partial charge in [-0.1, -0.05) is 0 Å². The minimum Gasteiger partial charge on any atom is -0.497 e. The van der Waals surface area contributed by atoms with Crippen molar-refractivity contribution < 1.29 is 17.6 Å². The summed E-state index contributed by atoms with van der Waals surface area (Å²) in [4.78, 5) is 4.47. The van der Waals surface area contributed by atoms with Crippen LogP contribution in [0.25, 0.3) is 11.1 Å². The van der Waals surface area contributed by atoms with Crippen LogP contribution in [0.15, 0.2) is 39.6 Å². The molecule has 0 unspecified atom stereocenters. The molecule has 1 N–H and O–H groups in total. The summed E-state index contributed by atoms with van der Waals surface area (Å²) in [7, 11) is -2.17. The van der Waals surface area contributed by atoms with Crippen molar-refractivity contribution in [2.45, 2.75) is 25.7 Å². The quantitative estimate of drug-likeness (QED) is 0.781. The monoisotopic (exact) mass is 346 g/mol. The third-order valence-electron chi connectivity index (χ3n) is 3.68. The minimum atomic E-state index is -3.73. The highest BCUT2D eigenvalue weighted by atomic mass is 32.2. The Kier molecular flexibility index (Phi) is 3.96. The average molecular weight is 346 g/mol. The van der Waals surface area contributed by atoms with Crippen LogP contribution in [0.5, 0.6) is 5.75 Å². The Bertz CT molecular complexity index is 999. The Morgan fingerprint density at radius 2 is 1.75 bits per heavy atom. The highest BCUT2D eigenvalue weighted by Crippen LogP contribution is 2.28. The van der Waals surface area contributed by atoms with Crippen LogP contribution in [0.1, 0.15) is 17.0 Å². The standard InChI is InChI=1S/C17H18N2O4S/c1-10-7-14(22-4)8-11(2)17(10)24(20,21)19-13-5-6-16-15(9-13)18-12(3)23-16/h5-9,19H,1-4H3. The summed E-state index contributed by atoms with van der Waals surface area (Å²) in [5, 5.41) is 0. The summed E-state index contributed by atoms with van der Waals surface area (Å²) in [6, 6.07) is 8.40. The normalized spacial score (nSPS) is 11.7. The number of oxazole rings is 1. The molecule has 1 heterocycles. The van der Waals surface area contributed by atoms with E-state index in [0.717, 1.165) is 0 Å². The molecular weight excluding hydrogens is 328 g/mol. The Labute approximate surface area is 140 Å². The van der Waals surface area contributed by atoms with E-state index in [4.69, 9.17) is 9.15 Å². The number of anilines is 1. The summed E-state index contributed by atoms with van der Waals surface area (Å²) in [5.41, 5.74) is 2.91. The molecule has 0 atom stereocenters. The van der Waals surface area contributed by atoms with E-state index in [1.807, 2.05) is 0 Å². The van der Waals surface area contributed by atoms with Crippen LogP contribution < -0.4 is 9.46 Å². The van der Waals surface area contributed by atoms with Crippen molar-refractivity contribution in [2.24, 2.45) is 0 Å². The summed E-state index contributed by atoms with van der Waals surface area (Å²) >= 11 is 0. The van der Waals surface area contributed by atoms with Gasteiger partial charge in [0, 0.05) is 6.92 Å². The average Bonchev–Trinajstić information content (AvgIpc) is 2.84. The highest BCUT2D eigenvalue weighted by molar-refractivity contribution is 7.92. The third kappa shape index (κ3) is 2.94. The fraction of sp³-hybridized carbons (Fsp3) is 0.235. The molecule has 0 radical (unpaired) electrons. The molecule has 3 aromatic rings. The van der Waals surface area contributed by atoms with Gasteiger partial charge in [-0.2, -0.15) is 0 Å². The molecule has 1 aromatic heterocycles. The van der Waals surface area contributed by atoms with E-state index in [1.165, 1.54) is 0 Å². The first kappa shape index (κ1) is 16.3. The molecule has 0 aliphatic carbocycles. The molecule has 0 aliphatic rings. The maximum Gasteiger partial charge on any atom is 0.262 e. The first-order chi connectivity index (χ1) is 11.3. The van der Waals surface area contributed by atoms with Crippen molar-refractivity contribution in [1.82, 2.24) is 4.98 Å². The van der Waals surface area contributed by atoms with Crippen LogP contribution >= 0.6 is 0 Å². The van der Waals surface area contributed by atoms with Gasteiger partial charge >= 0.3 is 0 Å². The summed E-state index contributed by atoms with van der Waals surface area (Å²) < 4.78 is 38.8. The van der Waals surface area contributed by atoms with Crippen molar-refractivity contribution in [3.8, 4) is 5.75 Å². The Morgan fingerprint density at radius 1 is 1.08 bits per heavy atom. The Balaban J connectivity index is 2.01. The molecule has 24 heavy (non-hydrogen) atoms. The maximum atomic E-state index is 12.8.